The zero-order valence-electron chi connectivity index (χ0n) is 10.4. The summed E-state index contributed by atoms with van der Waals surface area (Å²) in [6.07, 6.45) is 1.69. The topological polar surface area (TPSA) is 80.1 Å². The fraction of sp³-hybridized carbons (Fsp3) is 0.0769. The minimum Gasteiger partial charge on any atom is -0.357 e. The van der Waals surface area contributed by atoms with E-state index in [-0.39, 0.29) is 5.69 Å². The van der Waals surface area contributed by atoms with Crippen molar-refractivity contribution in [3.63, 3.8) is 0 Å². The second kappa shape index (κ2) is 6.58. The minimum atomic E-state index is -0.455. The Balaban J connectivity index is 1.97. The molecular formula is C13H12N4O2S. The summed E-state index contributed by atoms with van der Waals surface area (Å²) in [6, 6.07) is 11.9. The summed E-state index contributed by atoms with van der Waals surface area (Å²) >= 11 is 5.11. The Morgan fingerprint density at radius 2 is 2.00 bits per heavy atom. The summed E-state index contributed by atoms with van der Waals surface area (Å²) in [4.78, 5) is 14.6. The molecule has 0 atom stereocenters. The normalized spacial score (nSPS) is 9.80. The molecule has 0 unspecified atom stereocenters. The zero-order valence-corrected chi connectivity index (χ0v) is 11.3. The zero-order chi connectivity index (χ0) is 14.4. The molecule has 1 aromatic carbocycles. The van der Waals surface area contributed by atoms with Crippen LogP contribution in [0.4, 0.5) is 11.4 Å². The molecule has 102 valence electrons. The second-order valence-corrected chi connectivity index (χ2v) is 4.31. The molecule has 0 aliphatic heterocycles. The van der Waals surface area contributed by atoms with Crippen LogP contribution in [-0.4, -0.2) is 15.0 Å². The first-order valence-corrected chi connectivity index (χ1v) is 6.26. The van der Waals surface area contributed by atoms with Gasteiger partial charge in [-0.05, 0) is 30.4 Å². The van der Waals surface area contributed by atoms with Crippen LogP contribution in [0.25, 0.3) is 0 Å². The molecule has 6 nitrogen and oxygen atoms in total. The molecule has 0 saturated carbocycles. The van der Waals surface area contributed by atoms with E-state index in [1.807, 2.05) is 18.2 Å². The smallest absolute Gasteiger partial charge is 0.292 e. The Labute approximate surface area is 121 Å². The molecule has 0 fully saturated rings. The van der Waals surface area contributed by atoms with Crippen LogP contribution in [0, 0.1) is 10.1 Å². The van der Waals surface area contributed by atoms with Crippen molar-refractivity contribution in [1.29, 1.82) is 0 Å². The van der Waals surface area contributed by atoms with Crippen LogP contribution in [0.1, 0.15) is 5.69 Å². The highest BCUT2D eigenvalue weighted by Crippen LogP contribution is 2.22. The number of anilines is 1. The molecule has 7 heteroatoms. The van der Waals surface area contributed by atoms with Gasteiger partial charge < -0.3 is 10.6 Å². The highest BCUT2D eigenvalue weighted by molar-refractivity contribution is 7.80. The van der Waals surface area contributed by atoms with Crippen LogP contribution < -0.4 is 10.6 Å². The molecule has 0 spiro atoms. The lowest BCUT2D eigenvalue weighted by Gasteiger charge is -2.10. The Kier molecular flexibility index (Phi) is 4.56. The monoisotopic (exact) mass is 288 g/mol. The van der Waals surface area contributed by atoms with Crippen molar-refractivity contribution in [1.82, 2.24) is 10.3 Å². The third kappa shape index (κ3) is 3.72. The average molecular weight is 288 g/mol. The van der Waals surface area contributed by atoms with Crippen molar-refractivity contribution >= 4 is 28.7 Å². The number of para-hydroxylation sites is 2. The van der Waals surface area contributed by atoms with Gasteiger partial charge in [-0.25, -0.2) is 0 Å². The number of nitrogens with one attached hydrogen (secondary N) is 2. The van der Waals surface area contributed by atoms with E-state index in [0.717, 1.165) is 5.69 Å². The first-order chi connectivity index (χ1) is 9.66. The quantitative estimate of drug-likeness (QED) is 0.511. The van der Waals surface area contributed by atoms with Crippen molar-refractivity contribution in [2.45, 2.75) is 6.54 Å². The Hall–Kier alpha value is -2.54. The molecule has 2 rings (SSSR count). The number of benzene rings is 1. The fourth-order valence-corrected chi connectivity index (χ4v) is 1.76. The Morgan fingerprint density at radius 1 is 1.25 bits per heavy atom. The fourth-order valence-electron chi connectivity index (χ4n) is 1.58. The summed E-state index contributed by atoms with van der Waals surface area (Å²) in [6.45, 7) is 0.452. The number of thiocarbonyl (C=S) groups is 1. The van der Waals surface area contributed by atoms with Gasteiger partial charge in [-0.3, -0.25) is 15.1 Å². The van der Waals surface area contributed by atoms with Gasteiger partial charge in [0.05, 0.1) is 17.2 Å². The van der Waals surface area contributed by atoms with E-state index in [0.29, 0.717) is 17.3 Å². The van der Waals surface area contributed by atoms with Crippen LogP contribution in [0.3, 0.4) is 0 Å². The van der Waals surface area contributed by atoms with Crippen molar-refractivity contribution in [2.75, 3.05) is 5.32 Å². The first-order valence-electron chi connectivity index (χ1n) is 5.85. The molecular weight excluding hydrogens is 276 g/mol. The first kappa shape index (κ1) is 13.9. The molecule has 0 radical (unpaired) electrons. The maximum atomic E-state index is 10.9. The van der Waals surface area contributed by atoms with Gasteiger partial charge in [0, 0.05) is 12.3 Å². The number of nitro groups is 1. The molecule has 1 heterocycles. The molecule has 0 amide bonds. The van der Waals surface area contributed by atoms with Gasteiger partial charge >= 0.3 is 0 Å². The molecule has 0 saturated heterocycles. The summed E-state index contributed by atoms with van der Waals surface area (Å²) < 4.78 is 0. The van der Waals surface area contributed by atoms with Crippen LogP contribution in [0.2, 0.25) is 0 Å². The van der Waals surface area contributed by atoms with Crippen LogP contribution in [-0.2, 0) is 6.54 Å². The van der Waals surface area contributed by atoms with Crippen LogP contribution in [0.15, 0.2) is 48.7 Å². The van der Waals surface area contributed by atoms with E-state index in [9.17, 15) is 10.1 Å². The molecule has 0 aliphatic rings. The SMILES string of the molecule is O=[N+]([O-])c1ccccc1NC(=S)NCc1ccccn1. The highest BCUT2D eigenvalue weighted by Gasteiger charge is 2.12. The Bertz CT molecular complexity index is 619. The summed E-state index contributed by atoms with van der Waals surface area (Å²) in [5.74, 6) is 0. The van der Waals surface area contributed by atoms with E-state index in [2.05, 4.69) is 15.6 Å². The molecule has 2 aromatic rings. The predicted molar refractivity (Wildman–Crippen MR) is 80.4 cm³/mol. The van der Waals surface area contributed by atoms with Gasteiger partial charge in [0.2, 0.25) is 0 Å². The van der Waals surface area contributed by atoms with Crippen molar-refractivity contribution in [2.24, 2.45) is 0 Å². The largest absolute Gasteiger partial charge is 0.357 e. The standard InChI is InChI=1S/C13H12N4O2S/c18-17(19)12-7-2-1-6-11(12)16-13(20)15-9-10-5-3-4-8-14-10/h1-8H,9H2,(H2,15,16,20). The van der Waals surface area contributed by atoms with Crippen molar-refractivity contribution in [3.05, 3.63) is 64.5 Å². The molecule has 1 aromatic heterocycles. The number of hydrogen-bond donors (Lipinski definition) is 2. The van der Waals surface area contributed by atoms with Gasteiger partial charge in [-0.15, -0.1) is 0 Å². The number of nitro benzene ring substituents is 1. The number of nitrogens with zero attached hydrogens (tertiary/aromatic N) is 2. The molecule has 0 aliphatic carbocycles. The second-order valence-electron chi connectivity index (χ2n) is 3.90. The number of pyridine rings is 1. The molecule has 0 bridgehead atoms. The molecule has 20 heavy (non-hydrogen) atoms. The van der Waals surface area contributed by atoms with Gasteiger partial charge in [0.15, 0.2) is 5.11 Å². The van der Waals surface area contributed by atoms with Crippen molar-refractivity contribution in [3.8, 4) is 0 Å². The lowest BCUT2D eigenvalue weighted by Crippen LogP contribution is -2.28. The van der Waals surface area contributed by atoms with Crippen molar-refractivity contribution < 1.29 is 4.92 Å². The molecule has 2 N–H and O–H groups in total. The third-order valence-corrected chi connectivity index (χ3v) is 2.75. The van der Waals surface area contributed by atoms with Gasteiger partial charge in [0.1, 0.15) is 5.69 Å². The van der Waals surface area contributed by atoms with Gasteiger partial charge in [-0.2, -0.15) is 0 Å². The number of rotatable bonds is 4. The van der Waals surface area contributed by atoms with Crippen LogP contribution >= 0.6 is 12.2 Å². The van der Waals surface area contributed by atoms with Crippen LogP contribution in [0.5, 0.6) is 0 Å². The van der Waals surface area contributed by atoms with Gasteiger partial charge in [0.25, 0.3) is 5.69 Å². The predicted octanol–water partition coefficient (Wildman–Crippen LogP) is 2.48. The van der Waals surface area contributed by atoms with E-state index >= 15 is 0 Å². The van der Waals surface area contributed by atoms with E-state index in [1.165, 1.54) is 6.07 Å². The summed E-state index contributed by atoms with van der Waals surface area (Å²) in [7, 11) is 0. The van der Waals surface area contributed by atoms with E-state index < -0.39 is 4.92 Å². The van der Waals surface area contributed by atoms with E-state index in [1.54, 1.807) is 24.4 Å². The number of hydrogen-bond acceptors (Lipinski definition) is 4. The average Bonchev–Trinajstić information content (AvgIpc) is 2.46. The Morgan fingerprint density at radius 3 is 2.70 bits per heavy atom. The third-order valence-electron chi connectivity index (χ3n) is 2.51. The maximum absolute atomic E-state index is 10.9. The maximum Gasteiger partial charge on any atom is 0.292 e. The van der Waals surface area contributed by atoms with Gasteiger partial charge in [-0.1, -0.05) is 18.2 Å². The lowest BCUT2D eigenvalue weighted by molar-refractivity contribution is -0.383. The highest BCUT2D eigenvalue weighted by atomic mass is 32.1. The lowest BCUT2D eigenvalue weighted by atomic mass is 10.3. The summed E-state index contributed by atoms with van der Waals surface area (Å²) in [5.41, 5.74) is 1.17. The summed E-state index contributed by atoms with van der Waals surface area (Å²) in [5, 5.41) is 16.9. The van der Waals surface area contributed by atoms with E-state index in [4.69, 9.17) is 12.2 Å². The number of aromatic nitrogens is 1. The minimum absolute atomic E-state index is 0.0190.